The highest BCUT2D eigenvalue weighted by molar-refractivity contribution is 5.92. The standard InChI is InChI=1S/C22H25NO4/c1-22(2)14-18(17-13-16(25-3)10-11-20(17)27-22)23-21(24)12-9-15-7-5-6-8-19(15)26-4/h5-13,18H,14H2,1-4H3,(H,23,24)/b12-9+. The minimum absolute atomic E-state index is 0.159. The molecule has 1 heterocycles. The van der Waals surface area contributed by atoms with Crippen molar-refractivity contribution in [3.63, 3.8) is 0 Å². The third-order valence-corrected chi connectivity index (χ3v) is 4.54. The average Bonchev–Trinajstić information content (AvgIpc) is 2.65. The molecule has 0 saturated heterocycles. The first-order valence-corrected chi connectivity index (χ1v) is 8.90. The van der Waals surface area contributed by atoms with Gasteiger partial charge in [-0.2, -0.15) is 0 Å². The average molecular weight is 367 g/mol. The van der Waals surface area contributed by atoms with E-state index in [2.05, 4.69) is 5.32 Å². The Balaban J connectivity index is 1.80. The molecule has 0 aromatic heterocycles. The van der Waals surface area contributed by atoms with Crippen molar-refractivity contribution >= 4 is 12.0 Å². The van der Waals surface area contributed by atoms with Crippen LogP contribution in [0.4, 0.5) is 0 Å². The van der Waals surface area contributed by atoms with Gasteiger partial charge in [0.05, 0.1) is 20.3 Å². The quantitative estimate of drug-likeness (QED) is 0.807. The molecule has 1 unspecified atom stereocenters. The van der Waals surface area contributed by atoms with Crippen molar-refractivity contribution in [3.8, 4) is 17.2 Å². The van der Waals surface area contributed by atoms with Crippen LogP contribution in [0.3, 0.4) is 0 Å². The molecular weight excluding hydrogens is 342 g/mol. The molecule has 0 aliphatic carbocycles. The van der Waals surface area contributed by atoms with Crippen LogP contribution in [0.2, 0.25) is 0 Å². The monoisotopic (exact) mass is 367 g/mol. The highest BCUT2D eigenvalue weighted by atomic mass is 16.5. The lowest BCUT2D eigenvalue weighted by atomic mass is 9.89. The second kappa shape index (κ2) is 7.74. The van der Waals surface area contributed by atoms with Crippen molar-refractivity contribution in [2.45, 2.75) is 31.9 Å². The van der Waals surface area contributed by atoms with Gasteiger partial charge in [-0.15, -0.1) is 0 Å². The molecule has 3 rings (SSSR count). The van der Waals surface area contributed by atoms with Crippen molar-refractivity contribution < 1.29 is 19.0 Å². The van der Waals surface area contributed by atoms with Crippen LogP contribution in [0.15, 0.2) is 48.5 Å². The summed E-state index contributed by atoms with van der Waals surface area (Å²) in [6.07, 6.45) is 3.95. The normalized spacial score (nSPS) is 17.7. The van der Waals surface area contributed by atoms with Gasteiger partial charge in [0, 0.05) is 23.6 Å². The van der Waals surface area contributed by atoms with E-state index in [-0.39, 0.29) is 17.6 Å². The molecule has 1 aliphatic rings. The molecule has 1 aliphatic heterocycles. The predicted octanol–water partition coefficient (Wildman–Crippen LogP) is 4.14. The van der Waals surface area contributed by atoms with E-state index in [1.165, 1.54) is 6.08 Å². The molecule has 2 aromatic carbocycles. The number of hydrogen-bond donors (Lipinski definition) is 1. The lowest BCUT2D eigenvalue weighted by Gasteiger charge is -2.37. The van der Waals surface area contributed by atoms with Gasteiger partial charge in [-0.1, -0.05) is 18.2 Å². The molecule has 27 heavy (non-hydrogen) atoms. The highest BCUT2D eigenvalue weighted by Gasteiger charge is 2.34. The van der Waals surface area contributed by atoms with E-state index in [9.17, 15) is 4.79 Å². The SMILES string of the molecule is COc1ccc2c(c1)C(NC(=O)/C=C/c1ccccc1OC)CC(C)(C)O2. The summed E-state index contributed by atoms with van der Waals surface area (Å²) < 4.78 is 16.7. The number of rotatable bonds is 5. The highest BCUT2D eigenvalue weighted by Crippen LogP contribution is 2.41. The van der Waals surface area contributed by atoms with Crippen molar-refractivity contribution in [1.82, 2.24) is 5.32 Å². The zero-order valence-corrected chi connectivity index (χ0v) is 16.1. The first-order chi connectivity index (χ1) is 12.9. The number of ether oxygens (including phenoxy) is 3. The van der Waals surface area contributed by atoms with Gasteiger partial charge in [-0.25, -0.2) is 0 Å². The molecular formula is C22H25NO4. The van der Waals surface area contributed by atoms with Gasteiger partial charge in [-0.05, 0) is 44.2 Å². The lowest BCUT2D eigenvalue weighted by molar-refractivity contribution is -0.117. The van der Waals surface area contributed by atoms with Gasteiger partial charge in [0.25, 0.3) is 0 Å². The first-order valence-electron chi connectivity index (χ1n) is 8.90. The number of amides is 1. The van der Waals surface area contributed by atoms with Crippen molar-refractivity contribution in [2.24, 2.45) is 0 Å². The van der Waals surface area contributed by atoms with Crippen molar-refractivity contribution in [3.05, 3.63) is 59.7 Å². The van der Waals surface area contributed by atoms with Crippen LogP contribution in [-0.2, 0) is 4.79 Å². The molecule has 0 radical (unpaired) electrons. The first kappa shape index (κ1) is 18.8. The number of para-hydroxylation sites is 1. The molecule has 5 nitrogen and oxygen atoms in total. The molecule has 0 spiro atoms. The van der Waals surface area contributed by atoms with E-state index in [4.69, 9.17) is 14.2 Å². The van der Waals surface area contributed by atoms with Crippen LogP contribution in [0, 0.1) is 0 Å². The fourth-order valence-electron chi connectivity index (χ4n) is 3.28. The van der Waals surface area contributed by atoms with E-state index in [1.807, 2.05) is 56.3 Å². The largest absolute Gasteiger partial charge is 0.497 e. The third-order valence-electron chi connectivity index (χ3n) is 4.54. The van der Waals surface area contributed by atoms with E-state index in [0.717, 1.165) is 28.4 Å². The minimum atomic E-state index is -0.369. The van der Waals surface area contributed by atoms with Crippen LogP contribution < -0.4 is 19.5 Å². The van der Waals surface area contributed by atoms with E-state index >= 15 is 0 Å². The number of hydrogen-bond acceptors (Lipinski definition) is 4. The Kier molecular flexibility index (Phi) is 5.40. The van der Waals surface area contributed by atoms with E-state index in [0.29, 0.717) is 6.42 Å². The Bertz CT molecular complexity index is 857. The summed E-state index contributed by atoms with van der Waals surface area (Å²) in [7, 11) is 3.24. The maximum Gasteiger partial charge on any atom is 0.244 e. The zero-order valence-electron chi connectivity index (χ0n) is 16.1. The number of carbonyl (C=O) groups is 1. The molecule has 1 atom stereocenters. The molecule has 0 saturated carbocycles. The predicted molar refractivity (Wildman–Crippen MR) is 105 cm³/mol. The molecule has 2 aromatic rings. The number of benzene rings is 2. The number of fused-ring (bicyclic) bond motifs is 1. The number of carbonyl (C=O) groups excluding carboxylic acids is 1. The van der Waals surface area contributed by atoms with E-state index in [1.54, 1.807) is 20.3 Å². The van der Waals surface area contributed by atoms with Gasteiger partial charge in [0.15, 0.2) is 0 Å². The Morgan fingerprint density at radius 1 is 1.19 bits per heavy atom. The van der Waals surface area contributed by atoms with Crippen LogP contribution in [-0.4, -0.2) is 25.7 Å². The summed E-state index contributed by atoms with van der Waals surface area (Å²) in [5.41, 5.74) is 1.41. The third kappa shape index (κ3) is 4.42. The van der Waals surface area contributed by atoms with Crippen molar-refractivity contribution in [2.75, 3.05) is 14.2 Å². The molecule has 0 bridgehead atoms. The molecule has 1 amide bonds. The lowest BCUT2D eigenvalue weighted by Crippen LogP contribution is -2.40. The smallest absolute Gasteiger partial charge is 0.244 e. The summed E-state index contributed by atoms with van der Waals surface area (Å²) >= 11 is 0. The zero-order chi connectivity index (χ0) is 19.4. The summed E-state index contributed by atoms with van der Waals surface area (Å²) in [4.78, 5) is 12.5. The van der Waals surface area contributed by atoms with Crippen molar-refractivity contribution in [1.29, 1.82) is 0 Å². The van der Waals surface area contributed by atoms with Gasteiger partial charge in [0.1, 0.15) is 22.8 Å². The topological polar surface area (TPSA) is 56.8 Å². The Morgan fingerprint density at radius 2 is 1.96 bits per heavy atom. The second-order valence-corrected chi connectivity index (χ2v) is 7.11. The number of nitrogens with one attached hydrogen (secondary N) is 1. The summed E-state index contributed by atoms with van der Waals surface area (Å²) in [6.45, 7) is 4.04. The van der Waals surface area contributed by atoms with Crippen LogP contribution in [0.1, 0.15) is 37.4 Å². The summed E-state index contributed by atoms with van der Waals surface area (Å²) in [5, 5.41) is 3.09. The molecule has 0 fully saturated rings. The van der Waals surface area contributed by atoms with Crippen LogP contribution in [0.5, 0.6) is 17.2 Å². The van der Waals surface area contributed by atoms with Gasteiger partial charge in [0.2, 0.25) is 5.91 Å². The van der Waals surface area contributed by atoms with Crippen LogP contribution in [0.25, 0.3) is 6.08 Å². The molecule has 1 N–H and O–H groups in total. The maximum atomic E-state index is 12.5. The fraction of sp³-hybridized carbons (Fsp3) is 0.318. The number of methoxy groups -OCH3 is 2. The van der Waals surface area contributed by atoms with E-state index < -0.39 is 0 Å². The second-order valence-electron chi connectivity index (χ2n) is 7.11. The fourth-order valence-corrected chi connectivity index (χ4v) is 3.28. The van der Waals surface area contributed by atoms with Gasteiger partial charge >= 0.3 is 0 Å². The van der Waals surface area contributed by atoms with Gasteiger partial charge < -0.3 is 19.5 Å². The van der Waals surface area contributed by atoms with Gasteiger partial charge in [-0.3, -0.25) is 4.79 Å². The Morgan fingerprint density at radius 3 is 2.70 bits per heavy atom. The minimum Gasteiger partial charge on any atom is -0.497 e. The molecule has 5 heteroatoms. The summed E-state index contributed by atoms with van der Waals surface area (Å²) in [5.74, 6) is 2.06. The van der Waals surface area contributed by atoms with Crippen LogP contribution >= 0.6 is 0 Å². The Hall–Kier alpha value is -2.95. The summed E-state index contributed by atoms with van der Waals surface area (Å²) in [6, 6.07) is 13.1. The maximum absolute atomic E-state index is 12.5. The Labute approximate surface area is 159 Å². The molecule has 142 valence electrons.